The number of rotatable bonds is 32. The number of ether oxygens (including phenoxy) is 1. The van der Waals surface area contributed by atoms with Gasteiger partial charge in [-0.25, -0.2) is 38.3 Å². The Morgan fingerprint density at radius 3 is 1.17 bits per heavy atom. The number of fused-ring (bicyclic) bond motifs is 2. The Bertz CT molecular complexity index is 5860. The summed E-state index contributed by atoms with van der Waals surface area (Å²) in [5.74, 6) is -1.49. The topological polar surface area (TPSA) is 400 Å². The molecule has 0 bridgehead atoms. The van der Waals surface area contributed by atoms with Crippen LogP contribution in [0.15, 0.2) is 187 Å². The van der Waals surface area contributed by atoms with Crippen molar-refractivity contribution in [3.63, 3.8) is 0 Å². The maximum absolute atomic E-state index is 13.0. The van der Waals surface area contributed by atoms with Gasteiger partial charge in [0, 0.05) is 103 Å². The highest BCUT2D eigenvalue weighted by Gasteiger charge is 2.28. The van der Waals surface area contributed by atoms with Crippen molar-refractivity contribution in [1.29, 1.82) is 0 Å². The van der Waals surface area contributed by atoms with Crippen molar-refractivity contribution in [2.24, 2.45) is 0 Å². The summed E-state index contributed by atoms with van der Waals surface area (Å²) in [5.41, 5.74) is 6.00. The molecule has 11 aromatic rings. The Hall–Kier alpha value is -12.9. The third-order valence-electron chi connectivity index (χ3n) is 21.4. The number of anilines is 6. The van der Waals surface area contributed by atoms with E-state index in [2.05, 4.69) is 61.2 Å². The average molecular weight is 1770 g/mol. The zero-order valence-corrected chi connectivity index (χ0v) is 72.4. The van der Waals surface area contributed by atoms with E-state index in [0.29, 0.717) is 75.9 Å². The molecule has 0 atom stereocenters. The molecule has 9 N–H and O–H groups in total. The van der Waals surface area contributed by atoms with E-state index in [1.165, 1.54) is 0 Å². The molecule has 3 heterocycles. The van der Waals surface area contributed by atoms with Crippen molar-refractivity contribution in [1.82, 2.24) is 45.9 Å². The van der Waals surface area contributed by atoms with Gasteiger partial charge in [0.05, 0.1) is 50.9 Å². The maximum Gasteiger partial charge on any atom is 0.308 e. The zero-order valence-electron chi connectivity index (χ0n) is 69.3. The van der Waals surface area contributed by atoms with Crippen LogP contribution in [0.3, 0.4) is 0 Å². The molecule has 5 amide bonds. The van der Waals surface area contributed by atoms with Gasteiger partial charge < -0.3 is 61.3 Å². The highest BCUT2D eigenvalue weighted by atomic mass is 35.5. The first-order valence-corrected chi connectivity index (χ1v) is 43.5. The number of hydrogen-bond donors (Lipinski definition) is 9. The van der Waals surface area contributed by atoms with E-state index in [9.17, 15) is 62.1 Å². The van der Waals surface area contributed by atoms with E-state index in [1.54, 1.807) is 140 Å². The number of benzene rings is 8. The Labute approximate surface area is 738 Å². The third-order valence-corrected chi connectivity index (χ3v) is 23.8. The number of carboxylic acids is 3. The molecule has 29 nitrogen and oxygen atoms in total. The number of aliphatic carboxylic acids is 3. The fraction of sp³-hybridized carbons (Fsp3) is 0.304. The summed E-state index contributed by atoms with van der Waals surface area (Å²) in [6.07, 6.45) is 12.1. The normalized spacial score (nSPS) is 13.3. The zero-order chi connectivity index (χ0) is 88.8. The van der Waals surface area contributed by atoms with E-state index in [0.717, 1.165) is 115 Å². The van der Waals surface area contributed by atoms with Crippen LogP contribution < -0.4 is 50.7 Å². The molecule has 3 saturated carbocycles. The Balaban J connectivity index is 0.000000171. The summed E-state index contributed by atoms with van der Waals surface area (Å²) in [4.78, 5) is 130. The SMILES string of the molecule is CN(CC(=O)NC1CCCC1)c1nc(Cc2ccc(NC(=O)c3cccc4ccccc34)cc2)nc(Cl)c1CC(=O)O.CN(CC(=O)NC1CCCC1)c1nc(Cc2ccc(NS(=O)(=O)c3ccc4ccccc4c3)cc2)nc(Cl)c1CC(=O)O.COc1ccc(C(=O)Nc2ccc(Cc3nc(Cl)c(CC(=O)O)c(N(C)CC(=O)NC4CCCC4)n3)cc2)cc1. The smallest absolute Gasteiger partial charge is 0.308 e. The van der Waals surface area contributed by atoms with Crippen LogP contribution in [0, 0.1) is 0 Å². The molecule has 0 unspecified atom stereocenters. The highest BCUT2D eigenvalue weighted by molar-refractivity contribution is 7.92. The lowest BCUT2D eigenvalue weighted by atomic mass is 10.0. The molecule has 8 aromatic carbocycles. The van der Waals surface area contributed by atoms with Crippen LogP contribution in [0.2, 0.25) is 15.5 Å². The number of halogens is 3. The van der Waals surface area contributed by atoms with Crippen molar-refractivity contribution in [3.8, 4) is 5.75 Å². The van der Waals surface area contributed by atoms with E-state index in [1.807, 2.05) is 84.9 Å². The van der Waals surface area contributed by atoms with Crippen LogP contribution >= 0.6 is 34.8 Å². The van der Waals surface area contributed by atoms with Gasteiger partial charge in [-0.05, 0) is 156 Å². The Morgan fingerprint density at radius 2 is 0.776 bits per heavy atom. The maximum atomic E-state index is 13.0. The predicted octanol–water partition coefficient (Wildman–Crippen LogP) is 14.1. The fourth-order valence-corrected chi connectivity index (χ4v) is 17.1. The first-order chi connectivity index (χ1) is 60.0. The van der Waals surface area contributed by atoms with Gasteiger partial charge in [-0.2, -0.15) is 0 Å². The van der Waals surface area contributed by atoms with Gasteiger partial charge in [-0.3, -0.25) is 43.1 Å². The van der Waals surface area contributed by atoms with Crippen molar-refractivity contribution in [2.45, 2.75) is 139 Å². The van der Waals surface area contributed by atoms with Gasteiger partial charge in [0.2, 0.25) is 17.7 Å². The highest BCUT2D eigenvalue weighted by Crippen LogP contribution is 2.33. The van der Waals surface area contributed by atoms with Gasteiger partial charge in [0.15, 0.2) is 0 Å². The molecule has 14 rings (SSSR count). The lowest BCUT2D eigenvalue weighted by molar-refractivity contribution is -0.137. The molecule has 3 aromatic heterocycles. The lowest BCUT2D eigenvalue weighted by Gasteiger charge is -2.22. The first-order valence-electron chi connectivity index (χ1n) is 40.9. The number of hydrogen-bond acceptors (Lipinski definition) is 20. The minimum absolute atomic E-state index is 0.00483. The number of likely N-dealkylation sites (N-methyl/N-ethyl adjacent to an activating group) is 3. The van der Waals surface area contributed by atoms with E-state index < -0.39 is 34.4 Å². The summed E-state index contributed by atoms with van der Waals surface area (Å²) in [6.45, 7) is 0.0153. The van der Waals surface area contributed by atoms with Crippen molar-refractivity contribution >= 4 is 148 Å². The summed E-state index contributed by atoms with van der Waals surface area (Å²) in [7, 11) is 2.79. The van der Waals surface area contributed by atoms with Crippen LogP contribution in [0.25, 0.3) is 21.5 Å². The number of nitrogens with one attached hydrogen (secondary N) is 6. The van der Waals surface area contributed by atoms with Crippen LogP contribution in [0.5, 0.6) is 5.75 Å². The second-order valence-electron chi connectivity index (χ2n) is 31.0. The molecule has 0 saturated heterocycles. The van der Waals surface area contributed by atoms with Gasteiger partial charge in [-0.15, -0.1) is 0 Å². The van der Waals surface area contributed by atoms with Crippen LogP contribution in [-0.2, 0) is 77.3 Å². The molecule has 0 radical (unpaired) electrons. The van der Waals surface area contributed by atoms with Crippen molar-refractivity contribution in [2.75, 3.05) is 77.9 Å². The van der Waals surface area contributed by atoms with Crippen LogP contribution in [-0.4, -0.2) is 167 Å². The number of carbonyl (C=O) groups is 8. The molecule has 3 aliphatic carbocycles. The average Bonchev–Trinajstić information content (AvgIpc) is 1.26. The lowest BCUT2D eigenvalue weighted by Crippen LogP contribution is -2.40. The van der Waals surface area contributed by atoms with Crippen molar-refractivity contribution in [3.05, 3.63) is 259 Å². The number of nitrogens with zero attached hydrogens (tertiary/aromatic N) is 9. The third kappa shape index (κ3) is 25.9. The number of aromatic nitrogens is 6. The quantitative estimate of drug-likeness (QED) is 0.0177. The van der Waals surface area contributed by atoms with Gasteiger partial charge in [0.1, 0.15) is 56.1 Å². The van der Waals surface area contributed by atoms with E-state index >= 15 is 0 Å². The second kappa shape index (κ2) is 42.9. The number of carbonyl (C=O) groups excluding carboxylic acids is 5. The first kappa shape index (κ1) is 91.3. The summed E-state index contributed by atoms with van der Waals surface area (Å²) in [6, 6.07) is 54.6. The molecule has 0 spiro atoms. The number of amides is 5. The van der Waals surface area contributed by atoms with E-state index in [4.69, 9.17) is 39.5 Å². The number of sulfonamides is 1. The fourth-order valence-electron chi connectivity index (χ4n) is 15.2. The van der Waals surface area contributed by atoms with E-state index in [-0.39, 0.29) is 129 Å². The number of methoxy groups -OCH3 is 1. The second-order valence-corrected chi connectivity index (χ2v) is 33.8. The monoisotopic (exact) mass is 1770 g/mol. The molecular weight excluding hydrogens is 1680 g/mol. The molecule has 0 aliphatic heterocycles. The largest absolute Gasteiger partial charge is 0.497 e. The molecule has 3 fully saturated rings. The Kier molecular flexibility index (Phi) is 31.4. The molecular formula is C92H96Cl3N15O14S. The van der Waals surface area contributed by atoms with Crippen LogP contribution in [0.4, 0.5) is 34.5 Å². The predicted molar refractivity (Wildman–Crippen MR) is 482 cm³/mol. The van der Waals surface area contributed by atoms with Gasteiger partial charge >= 0.3 is 17.9 Å². The number of carboxylic acid groups (broad SMARTS) is 3. The van der Waals surface area contributed by atoms with Crippen molar-refractivity contribution < 1.29 is 66.8 Å². The summed E-state index contributed by atoms with van der Waals surface area (Å²) in [5, 5.41) is 46.9. The van der Waals surface area contributed by atoms with Gasteiger partial charge in [-0.1, -0.05) is 176 Å². The molecule has 650 valence electrons. The molecule has 33 heteroatoms. The van der Waals surface area contributed by atoms with Crippen LogP contribution in [0.1, 0.15) is 149 Å². The van der Waals surface area contributed by atoms with Gasteiger partial charge in [0.25, 0.3) is 21.8 Å². The minimum Gasteiger partial charge on any atom is -0.497 e. The molecule has 3 aliphatic rings. The minimum atomic E-state index is -3.81. The standard InChI is InChI=1S/C32H32ClN5O4.C31H32ClN5O5S.C29H32ClN5O5/c1-38(19-28(39)34-22-9-3-4-10-22)31-26(18-29(40)41)30(33)36-27(37-31)17-20-13-15-23(16-14-20)35-32(42)25-12-6-8-21-7-2-5-11-24(21)25;1-37(19-28(38)33-23-8-4-5-9-23)31-26(18-29(39)40)30(32)34-27(35-31)16-20-10-13-24(14-11-20)36-43(41,42)25-15-12-21-6-2-3-7-22(21)17-25;1-35(17-25(36)31-20-5-3-4-6-20)28-23(16-26(37)38)27(30)33-24(34-28)15-18-7-11-21(12-8-18)32-29(39)19-9-13-22(40-2)14-10-19/h2,5-8,11-16,22H,3-4,9-10,17-19H2,1H3,(H,34,39)(H,35,42)(H,40,41);2-3,6-7,10-15,17,23,36H,4-5,8-9,16,18-19H2,1H3,(H,33,38)(H,39,40);7-14,20H,3-6,15-17H2,1-2H3,(H,31,36)(H,32,39)(H,37,38). The summed E-state index contributed by atoms with van der Waals surface area (Å²) >= 11 is 19.3. The Morgan fingerprint density at radius 1 is 0.416 bits per heavy atom. The summed E-state index contributed by atoms with van der Waals surface area (Å²) < 4.78 is 33.8. The molecule has 125 heavy (non-hydrogen) atoms.